The summed E-state index contributed by atoms with van der Waals surface area (Å²) in [6.07, 6.45) is 9.49. The summed E-state index contributed by atoms with van der Waals surface area (Å²) in [5.41, 5.74) is 3.45. The highest BCUT2D eigenvalue weighted by atomic mass is 16.4. The molecular weight excluding hydrogens is 366 g/mol. The van der Waals surface area contributed by atoms with Gasteiger partial charge in [-0.3, -0.25) is 0 Å². The fourth-order valence-electron chi connectivity index (χ4n) is 4.68. The van der Waals surface area contributed by atoms with E-state index in [9.17, 15) is 4.79 Å². The van der Waals surface area contributed by atoms with Crippen LogP contribution in [0.2, 0.25) is 0 Å². The number of rotatable bonds is 5. The Balaban J connectivity index is 1.38. The van der Waals surface area contributed by atoms with Crippen LogP contribution in [0.15, 0.2) is 36.7 Å². The lowest BCUT2D eigenvalue weighted by Gasteiger charge is -2.40. The first-order valence-electron chi connectivity index (χ1n) is 10.7. The maximum Gasteiger partial charge on any atom is 0.404 e. The van der Waals surface area contributed by atoms with Gasteiger partial charge in [0.1, 0.15) is 0 Å². The molecule has 29 heavy (non-hydrogen) atoms. The molecule has 3 atom stereocenters. The summed E-state index contributed by atoms with van der Waals surface area (Å²) in [5.74, 6) is 0. The van der Waals surface area contributed by atoms with Gasteiger partial charge in [0.05, 0.1) is 11.9 Å². The summed E-state index contributed by atoms with van der Waals surface area (Å²) in [4.78, 5) is 13.6. The number of piperidine rings is 1. The van der Waals surface area contributed by atoms with Gasteiger partial charge in [0.25, 0.3) is 0 Å². The molecule has 2 fully saturated rings. The van der Waals surface area contributed by atoms with Crippen molar-refractivity contribution < 1.29 is 9.90 Å². The molecule has 1 saturated heterocycles. The molecule has 4 rings (SSSR count). The van der Waals surface area contributed by atoms with Crippen LogP contribution in [0.1, 0.15) is 44.1 Å². The molecule has 0 bridgehead atoms. The quantitative estimate of drug-likeness (QED) is 0.721. The van der Waals surface area contributed by atoms with Gasteiger partial charge in [0, 0.05) is 43.1 Å². The van der Waals surface area contributed by atoms with Crippen LogP contribution in [0.25, 0.3) is 5.69 Å². The molecule has 0 radical (unpaired) electrons. The minimum Gasteiger partial charge on any atom is -0.465 e. The summed E-state index contributed by atoms with van der Waals surface area (Å²) in [5, 5.41) is 20.0. The van der Waals surface area contributed by atoms with E-state index in [2.05, 4.69) is 44.9 Å². The van der Waals surface area contributed by atoms with Gasteiger partial charge in [-0.2, -0.15) is 5.10 Å². The predicted octanol–water partition coefficient (Wildman–Crippen LogP) is 3.32. The SMILES string of the molecule is Cc1cnn(-c2ccc(N3CCCC(NC4CCCCC4NC(=O)O)C3)cc2)c1. The first kappa shape index (κ1) is 19.8. The van der Waals surface area contributed by atoms with Crippen molar-refractivity contribution in [2.45, 2.75) is 63.6 Å². The molecule has 1 aromatic heterocycles. The Morgan fingerprint density at radius 3 is 2.48 bits per heavy atom. The van der Waals surface area contributed by atoms with Gasteiger partial charge in [0.2, 0.25) is 0 Å². The Morgan fingerprint density at radius 2 is 1.79 bits per heavy atom. The van der Waals surface area contributed by atoms with E-state index < -0.39 is 6.09 Å². The molecule has 1 aliphatic heterocycles. The van der Waals surface area contributed by atoms with Crippen molar-refractivity contribution in [2.24, 2.45) is 0 Å². The second kappa shape index (κ2) is 8.86. The van der Waals surface area contributed by atoms with Crippen molar-refractivity contribution in [3.8, 4) is 5.69 Å². The average Bonchev–Trinajstić information content (AvgIpc) is 3.16. The van der Waals surface area contributed by atoms with Crippen molar-refractivity contribution in [1.29, 1.82) is 0 Å². The molecule has 156 valence electrons. The molecule has 1 amide bonds. The van der Waals surface area contributed by atoms with Crippen LogP contribution in [0.4, 0.5) is 10.5 Å². The van der Waals surface area contributed by atoms with Gasteiger partial charge in [-0.05, 0) is 62.4 Å². The van der Waals surface area contributed by atoms with E-state index >= 15 is 0 Å². The van der Waals surface area contributed by atoms with E-state index in [0.29, 0.717) is 6.04 Å². The van der Waals surface area contributed by atoms with E-state index in [4.69, 9.17) is 5.11 Å². The zero-order valence-corrected chi connectivity index (χ0v) is 17.1. The van der Waals surface area contributed by atoms with Gasteiger partial charge < -0.3 is 20.6 Å². The van der Waals surface area contributed by atoms with Crippen LogP contribution in [-0.2, 0) is 0 Å². The molecule has 2 aromatic rings. The third-order valence-corrected chi connectivity index (χ3v) is 6.14. The zero-order valence-electron chi connectivity index (χ0n) is 17.1. The second-order valence-corrected chi connectivity index (χ2v) is 8.38. The van der Waals surface area contributed by atoms with E-state index in [1.165, 1.54) is 12.1 Å². The largest absolute Gasteiger partial charge is 0.465 e. The number of nitrogens with one attached hydrogen (secondary N) is 2. The fraction of sp³-hybridized carbons (Fsp3) is 0.545. The molecule has 1 saturated carbocycles. The Bertz CT molecular complexity index is 819. The Kier molecular flexibility index (Phi) is 6.04. The van der Waals surface area contributed by atoms with Crippen LogP contribution in [-0.4, -0.2) is 52.2 Å². The number of carbonyl (C=O) groups is 1. The molecular formula is C22H31N5O2. The topological polar surface area (TPSA) is 82.4 Å². The van der Waals surface area contributed by atoms with Gasteiger partial charge in [-0.1, -0.05) is 12.8 Å². The fourth-order valence-corrected chi connectivity index (χ4v) is 4.68. The lowest BCUT2D eigenvalue weighted by atomic mass is 9.89. The lowest BCUT2D eigenvalue weighted by molar-refractivity contribution is 0.176. The van der Waals surface area contributed by atoms with Crippen molar-refractivity contribution >= 4 is 11.8 Å². The Morgan fingerprint density at radius 1 is 1.07 bits per heavy atom. The number of aromatic nitrogens is 2. The highest BCUT2D eigenvalue weighted by Crippen LogP contribution is 2.24. The Labute approximate surface area is 172 Å². The van der Waals surface area contributed by atoms with Crippen LogP contribution in [0.5, 0.6) is 0 Å². The van der Waals surface area contributed by atoms with Gasteiger partial charge in [-0.15, -0.1) is 0 Å². The van der Waals surface area contributed by atoms with Crippen molar-refractivity contribution in [3.63, 3.8) is 0 Å². The van der Waals surface area contributed by atoms with E-state index in [0.717, 1.165) is 56.4 Å². The van der Waals surface area contributed by atoms with Crippen molar-refractivity contribution in [3.05, 3.63) is 42.2 Å². The molecule has 3 N–H and O–H groups in total. The second-order valence-electron chi connectivity index (χ2n) is 8.38. The number of carboxylic acid groups (broad SMARTS) is 1. The monoisotopic (exact) mass is 397 g/mol. The lowest BCUT2D eigenvalue weighted by Crippen LogP contribution is -2.57. The number of hydrogen-bond donors (Lipinski definition) is 3. The third kappa shape index (κ3) is 4.90. The highest BCUT2D eigenvalue weighted by molar-refractivity contribution is 5.65. The van der Waals surface area contributed by atoms with Crippen molar-refractivity contribution in [2.75, 3.05) is 18.0 Å². The number of benzene rings is 1. The summed E-state index contributed by atoms with van der Waals surface area (Å²) in [6.45, 7) is 4.05. The van der Waals surface area contributed by atoms with E-state index in [-0.39, 0.29) is 12.1 Å². The molecule has 7 heteroatoms. The van der Waals surface area contributed by atoms with Gasteiger partial charge in [-0.25, -0.2) is 9.48 Å². The molecule has 2 heterocycles. The number of nitrogens with zero attached hydrogens (tertiary/aromatic N) is 3. The van der Waals surface area contributed by atoms with Crippen molar-refractivity contribution in [1.82, 2.24) is 20.4 Å². The number of amides is 1. The smallest absolute Gasteiger partial charge is 0.404 e. The maximum atomic E-state index is 11.1. The first-order chi connectivity index (χ1) is 14.1. The number of aryl methyl sites for hydroxylation is 1. The van der Waals surface area contributed by atoms with E-state index in [1.54, 1.807) is 0 Å². The molecule has 7 nitrogen and oxygen atoms in total. The van der Waals surface area contributed by atoms with Crippen LogP contribution < -0.4 is 15.5 Å². The maximum absolute atomic E-state index is 11.1. The first-order valence-corrected chi connectivity index (χ1v) is 10.7. The molecule has 3 unspecified atom stereocenters. The zero-order chi connectivity index (χ0) is 20.2. The number of hydrogen-bond acceptors (Lipinski definition) is 4. The highest BCUT2D eigenvalue weighted by Gasteiger charge is 2.30. The molecule has 2 aliphatic rings. The number of anilines is 1. The van der Waals surface area contributed by atoms with Crippen LogP contribution in [0, 0.1) is 6.92 Å². The molecule has 1 aliphatic carbocycles. The minimum atomic E-state index is -0.915. The van der Waals surface area contributed by atoms with Crippen LogP contribution in [0.3, 0.4) is 0 Å². The summed E-state index contributed by atoms with van der Waals surface area (Å²) in [6, 6.07) is 9.22. The van der Waals surface area contributed by atoms with Crippen LogP contribution >= 0.6 is 0 Å². The van der Waals surface area contributed by atoms with Gasteiger partial charge in [0.15, 0.2) is 0 Å². The van der Waals surface area contributed by atoms with Gasteiger partial charge >= 0.3 is 6.09 Å². The summed E-state index contributed by atoms with van der Waals surface area (Å²) >= 11 is 0. The predicted molar refractivity (Wildman–Crippen MR) is 114 cm³/mol. The normalized spacial score (nSPS) is 25.0. The standard InChI is InChI=1S/C22H31N5O2/c1-16-13-23-27(14-16)19-10-8-18(9-11-19)26-12-4-5-17(15-26)24-20-6-2-3-7-21(20)25-22(28)29/h8-11,13-14,17,20-21,24-25H,2-7,12,15H2,1H3,(H,28,29). The average molecular weight is 398 g/mol. The third-order valence-electron chi connectivity index (χ3n) is 6.14. The van der Waals surface area contributed by atoms with E-state index in [1.807, 2.05) is 24.0 Å². The molecule has 0 spiro atoms. The molecule has 1 aromatic carbocycles. The minimum absolute atomic E-state index is 0.0217. The summed E-state index contributed by atoms with van der Waals surface area (Å²) in [7, 11) is 0. The Hall–Kier alpha value is -2.54. The summed E-state index contributed by atoms with van der Waals surface area (Å²) < 4.78 is 1.90.